The Labute approximate surface area is 110 Å². The van der Waals surface area contributed by atoms with E-state index < -0.39 is 11.7 Å². The smallest absolute Gasteiger partial charge is 0.254 e. The predicted octanol–water partition coefficient (Wildman–Crippen LogP) is 2.11. The standard InChI is InChI=1S/C14H14FN3O/c1-2-10-4-3-6-17-13(10)9-18-14(19)11-5-7-16-8-12(11)15/h3-8H,2,9H2,1H3,(H,18,19). The lowest BCUT2D eigenvalue weighted by molar-refractivity contribution is 0.0946. The van der Waals surface area contributed by atoms with E-state index in [9.17, 15) is 9.18 Å². The Morgan fingerprint density at radius 2 is 2.21 bits per heavy atom. The number of halogens is 1. The molecule has 2 rings (SSSR count). The number of nitrogens with one attached hydrogen (secondary N) is 1. The zero-order valence-corrected chi connectivity index (χ0v) is 10.6. The Balaban J connectivity index is 2.07. The van der Waals surface area contributed by atoms with E-state index in [4.69, 9.17) is 0 Å². The molecule has 4 nitrogen and oxygen atoms in total. The van der Waals surface area contributed by atoms with Crippen molar-refractivity contribution in [2.75, 3.05) is 0 Å². The molecule has 0 radical (unpaired) electrons. The van der Waals surface area contributed by atoms with Gasteiger partial charge in [-0.1, -0.05) is 13.0 Å². The topological polar surface area (TPSA) is 54.9 Å². The van der Waals surface area contributed by atoms with Gasteiger partial charge in [-0.25, -0.2) is 4.39 Å². The zero-order chi connectivity index (χ0) is 13.7. The van der Waals surface area contributed by atoms with Gasteiger partial charge < -0.3 is 5.32 Å². The number of carbonyl (C=O) groups excluding carboxylic acids is 1. The van der Waals surface area contributed by atoms with Crippen LogP contribution in [0.25, 0.3) is 0 Å². The van der Waals surface area contributed by atoms with Crippen LogP contribution in [-0.4, -0.2) is 15.9 Å². The van der Waals surface area contributed by atoms with Crippen LogP contribution in [0, 0.1) is 5.82 Å². The molecule has 2 aromatic rings. The van der Waals surface area contributed by atoms with Crippen molar-refractivity contribution in [3.05, 3.63) is 59.4 Å². The first-order valence-corrected chi connectivity index (χ1v) is 6.03. The number of rotatable bonds is 4. The van der Waals surface area contributed by atoms with Crippen LogP contribution in [0.4, 0.5) is 4.39 Å². The highest BCUT2D eigenvalue weighted by Crippen LogP contribution is 2.07. The number of carbonyl (C=O) groups is 1. The fraction of sp³-hybridized carbons (Fsp3) is 0.214. The maximum atomic E-state index is 13.4. The number of pyridine rings is 2. The molecule has 0 bridgehead atoms. The number of nitrogens with zero attached hydrogens (tertiary/aromatic N) is 2. The van der Waals surface area contributed by atoms with Crippen LogP contribution in [0.2, 0.25) is 0 Å². The number of aromatic nitrogens is 2. The van der Waals surface area contributed by atoms with E-state index >= 15 is 0 Å². The lowest BCUT2D eigenvalue weighted by atomic mass is 10.1. The van der Waals surface area contributed by atoms with Crippen LogP contribution >= 0.6 is 0 Å². The molecular weight excluding hydrogens is 245 g/mol. The first kappa shape index (κ1) is 13.1. The van der Waals surface area contributed by atoms with Crippen molar-refractivity contribution >= 4 is 5.91 Å². The summed E-state index contributed by atoms with van der Waals surface area (Å²) < 4.78 is 13.4. The summed E-state index contributed by atoms with van der Waals surface area (Å²) in [5.74, 6) is -1.09. The molecule has 2 heterocycles. The molecule has 1 amide bonds. The minimum absolute atomic E-state index is 0.0102. The summed E-state index contributed by atoms with van der Waals surface area (Å²) in [5, 5.41) is 2.66. The van der Waals surface area contributed by atoms with Gasteiger partial charge >= 0.3 is 0 Å². The van der Waals surface area contributed by atoms with Crippen molar-refractivity contribution in [2.45, 2.75) is 19.9 Å². The Kier molecular flexibility index (Phi) is 4.18. The van der Waals surface area contributed by atoms with Gasteiger partial charge in [0.2, 0.25) is 0 Å². The Morgan fingerprint density at radius 3 is 2.95 bits per heavy atom. The van der Waals surface area contributed by atoms with Crippen LogP contribution in [0.15, 0.2) is 36.8 Å². The van der Waals surface area contributed by atoms with E-state index in [1.54, 1.807) is 6.20 Å². The molecule has 2 aromatic heterocycles. The average molecular weight is 259 g/mol. The van der Waals surface area contributed by atoms with E-state index in [1.807, 2.05) is 19.1 Å². The van der Waals surface area contributed by atoms with Gasteiger partial charge in [0, 0.05) is 12.4 Å². The Bertz CT molecular complexity index is 586. The third-order valence-corrected chi connectivity index (χ3v) is 2.80. The largest absolute Gasteiger partial charge is 0.346 e. The van der Waals surface area contributed by atoms with Crippen LogP contribution in [-0.2, 0) is 13.0 Å². The van der Waals surface area contributed by atoms with Gasteiger partial charge in [0.15, 0.2) is 5.82 Å². The Hall–Kier alpha value is -2.30. The van der Waals surface area contributed by atoms with E-state index in [-0.39, 0.29) is 12.1 Å². The molecule has 0 aliphatic heterocycles. The molecule has 0 unspecified atom stereocenters. The number of aryl methyl sites for hydroxylation is 1. The number of amides is 1. The molecular formula is C14H14FN3O. The molecule has 0 fully saturated rings. The van der Waals surface area contributed by atoms with Gasteiger partial charge in [-0.05, 0) is 24.1 Å². The second-order valence-corrected chi connectivity index (χ2v) is 4.00. The zero-order valence-electron chi connectivity index (χ0n) is 10.6. The molecule has 0 spiro atoms. The summed E-state index contributed by atoms with van der Waals surface area (Å²) in [6, 6.07) is 5.16. The highest BCUT2D eigenvalue weighted by Gasteiger charge is 2.11. The highest BCUT2D eigenvalue weighted by atomic mass is 19.1. The fourth-order valence-corrected chi connectivity index (χ4v) is 1.77. The summed E-state index contributed by atoms with van der Waals surface area (Å²) in [6.07, 6.45) is 4.92. The second kappa shape index (κ2) is 6.04. The lowest BCUT2D eigenvalue weighted by Gasteiger charge is -2.08. The van der Waals surface area contributed by atoms with Crippen molar-refractivity contribution in [1.29, 1.82) is 0 Å². The SMILES string of the molecule is CCc1cccnc1CNC(=O)c1ccncc1F. The lowest BCUT2D eigenvalue weighted by Crippen LogP contribution is -2.25. The van der Waals surface area contributed by atoms with Crippen LogP contribution < -0.4 is 5.32 Å². The van der Waals surface area contributed by atoms with Gasteiger partial charge in [-0.3, -0.25) is 14.8 Å². The summed E-state index contributed by atoms with van der Waals surface area (Å²) in [7, 11) is 0. The molecule has 1 N–H and O–H groups in total. The quantitative estimate of drug-likeness (QED) is 0.915. The monoisotopic (exact) mass is 259 g/mol. The molecule has 0 saturated carbocycles. The van der Waals surface area contributed by atoms with Crippen molar-refractivity contribution in [3.8, 4) is 0 Å². The normalized spacial score (nSPS) is 10.2. The minimum Gasteiger partial charge on any atom is -0.346 e. The van der Waals surface area contributed by atoms with Crippen LogP contribution in [0.1, 0.15) is 28.5 Å². The van der Waals surface area contributed by atoms with Crippen LogP contribution in [0.3, 0.4) is 0 Å². The summed E-state index contributed by atoms with van der Waals surface area (Å²) in [5.41, 5.74) is 1.86. The summed E-state index contributed by atoms with van der Waals surface area (Å²) in [4.78, 5) is 19.7. The summed E-state index contributed by atoms with van der Waals surface area (Å²) >= 11 is 0. The van der Waals surface area contributed by atoms with Gasteiger partial charge in [0.25, 0.3) is 5.91 Å². The third-order valence-electron chi connectivity index (χ3n) is 2.80. The first-order chi connectivity index (χ1) is 9.22. The molecule has 0 aliphatic carbocycles. The van der Waals surface area contributed by atoms with Gasteiger partial charge in [-0.2, -0.15) is 0 Å². The Morgan fingerprint density at radius 1 is 1.37 bits per heavy atom. The van der Waals surface area contributed by atoms with Gasteiger partial charge in [0.1, 0.15) is 0 Å². The van der Waals surface area contributed by atoms with Crippen molar-refractivity contribution in [3.63, 3.8) is 0 Å². The highest BCUT2D eigenvalue weighted by molar-refractivity contribution is 5.94. The van der Waals surface area contributed by atoms with Gasteiger partial charge in [-0.15, -0.1) is 0 Å². The third kappa shape index (κ3) is 3.13. The predicted molar refractivity (Wildman–Crippen MR) is 69.0 cm³/mol. The van der Waals surface area contributed by atoms with E-state index in [0.717, 1.165) is 23.9 Å². The number of hydrogen-bond donors (Lipinski definition) is 1. The molecule has 5 heteroatoms. The molecule has 0 aromatic carbocycles. The van der Waals surface area contributed by atoms with E-state index in [0.29, 0.717) is 0 Å². The first-order valence-electron chi connectivity index (χ1n) is 6.03. The summed E-state index contributed by atoms with van der Waals surface area (Å²) in [6.45, 7) is 2.30. The second-order valence-electron chi connectivity index (χ2n) is 4.00. The van der Waals surface area contributed by atoms with Crippen LogP contribution in [0.5, 0.6) is 0 Å². The van der Waals surface area contributed by atoms with E-state index in [1.165, 1.54) is 12.3 Å². The maximum Gasteiger partial charge on any atom is 0.254 e. The van der Waals surface area contributed by atoms with Gasteiger partial charge in [0.05, 0.1) is 24.0 Å². The molecule has 19 heavy (non-hydrogen) atoms. The van der Waals surface area contributed by atoms with E-state index in [2.05, 4.69) is 15.3 Å². The molecule has 98 valence electrons. The number of hydrogen-bond acceptors (Lipinski definition) is 3. The van der Waals surface area contributed by atoms with Crippen molar-refractivity contribution in [2.24, 2.45) is 0 Å². The molecule has 0 atom stereocenters. The fourth-order valence-electron chi connectivity index (χ4n) is 1.77. The molecule has 0 saturated heterocycles. The van der Waals surface area contributed by atoms with Crippen molar-refractivity contribution in [1.82, 2.24) is 15.3 Å². The average Bonchev–Trinajstić information content (AvgIpc) is 2.45. The minimum atomic E-state index is -0.628. The van der Waals surface area contributed by atoms with Crippen molar-refractivity contribution < 1.29 is 9.18 Å². The molecule has 0 aliphatic rings. The maximum absolute atomic E-state index is 13.4.